The molecule has 0 spiro atoms. The van der Waals surface area contributed by atoms with Crippen LogP contribution in [0.1, 0.15) is 25.3 Å². The highest BCUT2D eigenvalue weighted by molar-refractivity contribution is 5.57. The molecule has 5 nitrogen and oxygen atoms in total. The van der Waals surface area contributed by atoms with Gasteiger partial charge in [0.2, 0.25) is 0 Å². The summed E-state index contributed by atoms with van der Waals surface area (Å²) in [6.45, 7) is 5.49. The molecule has 5 heteroatoms. The van der Waals surface area contributed by atoms with Crippen molar-refractivity contribution >= 4 is 11.4 Å². The normalized spacial score (nSPS) is 21.2. The van der Waals surface area contributed by atoms with Crippen molar-refractivity contribution in [3.05, 3.63) is 33.9 Å². The van der Waals surface area contributed by atoms with Gasteiger partial charge in [0.25, 0.3) is 5.69 Å². The van der Waals surface area contributed by atoms with Crippen molar-refractivity contribution in [1.29, 1.82) is 0 Å². The Morgan fingerprint density at radius 1 is 1.53 bits per heavy atom. The zero-order valence-electron chi connectivity index (χ0n) is 11.4. The fourth-order valence-electron chi connectivity index (χ4n) is 2.73. The second kappa shape index (κ2) is 5.57. The van der Waals surface area contributed by atoms with Crippen LogP contribution in [0.4, 0.5) is 11.4 Å². The Balaban J connectivity index is 2.19. The minimum Gasteiger partial charge on any atom is -0.393 e. The number of aliphatic hydroxyl groups excluding tert-OH is 1. The van der Waals surface area contributed by atoms with Crippen molar-refractivity contribution < 1.29 is 10.0 Å². The molecule has 2 rings (SSSR count). The van der Waals surface area contributed by atoms with Crippen LogP contribution in [-0.2, 0) is 0 Å². The second-order valence-corrected chi connectivity index (χ2v) is 5.32. The maximum absolute atomic E-state index is 10.7. The Morgan fingerprint density at radius 2 is 2.26 bits per heavy atom. The molecule has 0 amide bonds. The first kappa shape index (κ1) is 13.8. The van der Waals surface area contributed by atoms with Crippen molar-refractivity contribution in [3.8, 4) is 0 Å². The summed E-state index contributed by atoms with van der Waals surface area (Å²) in [5.41, 5.74) is 2.08. The lowest BCUT2D eigenvalue weighted by Crippen LogP contribution is -2.39. The first-order chi connectivity index (χ1) is 8.99. The van der Waals surface area contributed by atoms with E-state index in [0.717, 1.165) is 37.2 Å². The van der Waals surface area contributed by atoms with Crippen LogP contribution >= 0.6 is 0 Å². The molecule has 1 saturated heterocycles. The van der Waals surface area contributed by atoms with Gasteiger partial charge >= 0.3 is 0 Å². The number of nitro benzene ring substituents is 1. The molecule has 2 atom stereocenters. The Kier molecular flexibility index (Phi) is 4.04. The number of hydrogen-bond acceptors (Lipinski definition) is 4. The molecule has 0 bridgehead atoms. The van der Waals surface area contributed by atoms with Gasteiger partial charge in [0.05, 0.1) is 11.0 Å². The third kappa shape index (κ3) is 3.04. The smallest absolute Gasteiger partial charge is 0.269 e. The largest absolute Gasteiger partial charge is 0.393 e. The van der Waals surface area contributed by atoms with Crippen LogP contribution < -0.4 is 4.90 Å². The molecule has 2 unspecified atom stereocenters. The molecule has 1 aliphatic heterocycles. The topological polar surface area (TPSA) is 66.6 Å². The number of nitrogens with zero attached hydrogens (tertiary/aromatic N) is 2. The summed E-state index contributed by atoms with van der Waals surface area (Å²) in [7, 11) is 0. The molecule has 19 heavy (non-hydrogen) atoms. The van der Waals surface area contributed by atoms with Gasteiger partial charge in [-0.1, -0.05) is 0 Å². The molecule has 0 aliphatic carbocycles. The second-order valence-electron chi connectivity index (χ2n) is 5.32. The molecule has 0 saturated carbocycles. The third-order valence-electron chi connectivity index (χ3n) is 3.87. The molecule has 1 aromatic rings. The molecule has 104 valence electrons. The van der Waals surface area contributed by atoms with Crippen LogP contribution in [0.2, 0.25) is 0 Å². The predicted octanol–water partition coefficient (Wildman–Crippen LogP) is 2.50. The van der Waals surface area contributed by atoms with E-state index in [-0.39, 0.29) is 22.6 Å². The lowest BCUT2D eigenvalue weighted by Gasteiger charge is -2.36. The van der Waals surface area contributed by atoms with E-state index in [1.54, 1.807) is 12.1 Å². The number of benzene rings is 1. The molecular weight excluding hydrogens is 244 g/mol. The lowest BCUT2D eigenvalue weighted by atomic mass is 9.92. The van der Waals surface area contributed by atoms with Gasteiger partial charge in [-0.3, -0.25) is 10.1 Å². The summed E-state index contributed by atoms with van der Waals surface area (Å²) in [4.78, 5) is 12.6. The van der Waals surface area contributed by atoms with Gasteiger partial charge in [-0.2, -0.15) is 0 Å². The zero-order chi connectivity index (χ0) is 14.0. The Morgan fingerprint density at radius 3 is 2.84 bits per heavy atom. The maximum Gasteiger partial charge on any atom is 0.269 e. The summed E-state index contributed by atoms with van der Waals surface area (Å²) >= 11 is 0. The summed E-state index contributed by atoms with van der Waals surface area (Å²) in [5.74, 6) is 0.281. The maximum atomic E-state index is 10.7. The number of aryl methyl sites for hydroxylation is 1. The summed E-state index contributed by atoms with van der Waals surface area (Å²) in [5, 5.41) is 20.5. The Hall–Kier alpha value is -1.62. The average molecular weight is 264 g/mol. The van der Waals surface area contributed by atoms with E-state index in [0.29, 0.717) is 0 Å². The van der Waals surface area contributed by atoms with Crippen LogP contribution in [0.5, 0.6) is 0 Å². The molecule has 0 radical (unpaired) electrons. The van der Waals surface area contributed by atoms with Crippen LogP contribution in [0.3, 0.4) is 0 Å². The number of non-ortho nitro benzene ring substituents is 1. The lowest BCUT2D eigenvalue weighted by molar-refractivity contribution is -0.384. The van der Waals surface area contributed by atoms with Crippen molar-refractivity contribution in [2.45, 2.75) is 32.8 Å². The first-order valence-corrected chi connectivity index (χ1v) is 6.67. The summed E-state index contributed by atoms with van der Waals surface area (Å²) in [6, 6.07) is 4.98. The van der Waals surface area contributed by atoms with Gasteiger partial charge in [0, 0.05) is 36.8 Å². The Bertz CT molecular complexity index is 474. The fourth-order valence-corrected chi connectivity index (χ4v) is 2.73. The zero-order valence-corrected chi connectivity index (χ0v) is 11.4. The number of rotatable bonds is 3. The summed E-state index contributed by atoms with van der Waals surface area (Å²) in [6.07, 6.45) is 1.78. The van der Waals surface area contributed by atoms with Crippen LogP contribution in [0, 0.1) is 23.0 Å². The Labute approximate surface area is 113 Å². The number of hydrogen-bond donors (Lipinski definition) is 1. The van der Waals surface area contributed by atoms with Gasteiger partial charge in [0.1, 0.15) is 0 Å². The van der Waals surface area contributed by atoms with E-state index in [2.05, 4.69) is 4.90 Å². The van der Waals surface area contributed by atoms with E-state index < -0.39 is 0 Å². The SMILES string of the molecule is Cc1cc([N+](=O)[O-])ccc1N1CCCC(C(C)O)C1. The molecule has 1 aromatic carbocycles. The monoisotopic (exact) mass is 264 g/mol. The number of anilines is 1. The highest BCUT2D eigenvalue weighted by atomic mass is 16.6. The van der Waals surface area contributed by atoms with Crippen LogP contribution in [-0.4, -0.2) is 29.2 Å². The highest BCUT2D eigenvalue weighted by Crippen LogP contribution is 2.29. The minimum atomic E-state index is -0.369. The van der Waals surface area contributed by atoms with Crippen LogP contribution in [0.15, 0.2) is 18.2 Å². The van der Waals surface area contributed by atoms with Crippen molar-refractivity contribution in [2.24, 2.45) is 5.92 Å². The molecule has 1 N–H and O–H groups in total. The number of aliphatic hydroxyl groups is 1. The van der Waals surface area contributed by atoms with Gasteiger partial charge in [-0.25, -0.2) is 0 Å². The van der Waals surface area contributed by atoms with Gasteiger partial charge in [0.15, 0.2) is 0 Å². The van der Waals surface area contributed by atoms with Crippen molar-refractivity contribution in [2.75, 3.05) is 18.0 Å². The highest BCUT2D eigenvalue weighted by Gasteiger charge is 2.24. The molecule has 1 aliphatic rings. The molecule has 1 fully saturated rings. The standard InChI is InChI=1S/C14H20N2O3/c1-10-8-13(16(18)19)5-6-14(10)15-7-3-4-12(9-15)11(2)17/h5-6,8,11-12,17H,3-4,7,9H2,1-2H3. The minimum absolute atomic E-state index is 0.130. The number of piperidine rings is 1. The molecular formula is C14H20N2O3. The van der Waals surface area contributed by atoms with E-state index in [1.807, 2.05) is 19.9 Å². The van der Waals surface area contributed by atoms with Crippen molar-refractivity contribution in [1.82, 2.24) is 0 Å². The number of nitro groups is 1. The van der Waals surface area contributed by atoms with Gasteiger partial charge in [-0.15, -0.1) is 0 Å². The first-order valence-electron chi connectivity index (χ1n) is 6.67. The van der Waals surface area contributed by atoms with E-state index in [4.69, 9.17) is 0 Å². The van der Waals surface area contributed by atoms with E-state index in [9.17, 15) is 15.2 Å². The molecule has 0 aromatic heterocycles. The van der Waals surface area contributed by atoms with Crippen molar-refractivity contribution in [3.63, 3.8) is 0 Å². The molecule has 1 heterocycles. The van der Waals surface area contributed by atoms with Gasteiger partial charge < -0.3 is 10.0 Å². The van der Waals surface area contributed by atoms with Gasteiger partial charge in [-0.05, 0) is 38.3 Å². The van der Waals surface area contributed by atoms with Crippen LogP contribution in [0.25, 0.3) is 0 Å². The fraction of sp³-hybridized carbons (Fsp3) is 0.571. The van der Waals surface area contributed by atoms with E-state index in [1.165, 1.54) is 0 Å². The predicted molar refractivity (Wildman–Crippen MR) is 74.5 cm³/mol. The quantitative estimate of drug-likeness (QED) is 0.673. The summed E-state index contributed by atoms with van der Waals surface area (Å²) < 4.78 is 0. The van der Waals surface area contributed by atoms with E-state index >= 15 is 0 Å². The third-order valence-corrected chi connectivity index (χ3v) is 3.87. The average Bonchev–Trinajstić information content (AvgIpc) is 2.38.